The van der Waals surface area contributed by atoms with Gasteiger partial charge in [0, 0.05) is 11.6 Å². The molecule has 0 aliphatic carbocycles. The summed E-state index contributed by atoms with van der Waals surface area (Å²) in [6.07, 6.45) is 0. The first-order valence-corrected chi connectivity index (χ1v) is 7.25. The largest absolute Gasteiger partial charge is 0.507 e. The van der Waals surface area contributed by atoms with Gasteiger partial charge in [-0.25, -0.2) is 4.98 Å². The molecule has 0 aliphatic rings. The molecule has 2 aromatic rings. The van der Waals surface area contributed by atoms with E-state index in [9.17, 15) is 5.11 Å². The summed E-state index contributed by atoms with van der Waals surface area (Å²) >= 11 is 17.6. The van der Waals surface area contributed by atoms with Gasteiger partial charge in [-0.2, -0.15) is 5.10 Å². The van der Waals surface area contributed by atoms with E-state index in [1.165, 1.54) is 19.2 Å². The molecule has 2 N–H and O–H groups in total. The maximum atomic E-state index is 9.96. The zero-order valence-electron chi connectivity index (χ0n) is 11.7. The molecule has 0 unspecified atom stereocenters. The number of nitrogens with one attached hydrogen (secondary N) is 1. The molecule has 1 heterocycles. The van der Waals surface area contributed by atoms with Crippen molar-refractivity contribution < 1.29 is 9.84 Å². The van der Waals surface area contributed by atoms with Crippen LogP contribution >= 0.6 is 34.8 Å². The van der Waals surface area contributed by atoms with E-state index in [-0.39, 0.29) is 26.8 Å². The minimum Gasteiger partial charge on any atom is -0.507 e. The lowest BCUT2D eigenvalue weighted by molar-refractivity contribution is 0.407. The zero-order valence-corrected chi connectivity index (χ0v) is 14.0. The third-order valence-corrected chi connectivity index (χ3v) is 3.77. The number of phenolic OH excluding ortho intramolecular Hbond substituents is 1. The average Bonchev–Trinajstić information content (AvgIpc) is 2.49. The third kappa shape index (κ3) is 3.74. The SMILES string of the molecule is COc1ccc(C(C)=NNc2nc(Cl)c(Cl)cc2Cl)c(O)c1. The predicted molar refractivity (Wildman–Crippen MR) is 89.8 cm³/mol. The van der Waals surface area contributed by atoms with E-state index in [0.29, 0.717) is 17.0 Å². The molecule has 0 radical (unpaired) electrons. The number of anilines is 1. The van der Waals surface area contributed by atoms with Crippen molar-refractivity contribution in [3.8, 4) is 11.5 Å². The molecule has 2 rings (SSSR count). The molecule has 1 aromatic heterocycles. The standard InChI is InChI=1S/C14H12Cl3N3O2/c1-7(9-4-3-8(22-2)5-12(9)21)19-20-14-11(16)6-10(15)13(17)18-14/h3-6,21H,1-2H3,(H,18,20). The van der Waals surface area contributed by atoms with Gasteiger partial charge in [-0.1, -0.05) is 34.8 Å². The van der Waals surface area contributed by atoms with Crippen molar-refractivity contribution >= 4 is 46.3 Å². The monoisotopic (exact) mass is 359 g/mol. The Kier molecular flexibility index (Phi) is 5.34. The lowest BCUT2D eigenvalue weighted by Gasteiger charge is -2.08. The van der Waals surface area contributed by atoms with Crippen molar-refractivity contribution in [2.45, 2.75) is 6.92 Å². The van der Waals surface area contributed by atoms with Crippen LogP contribution in [0.5, 0.6) is 11.5 Å². The molecule has 0 atom stereocenters. The van der Waals surface area contributed by atoms with Crippen LogP contribution in [0.25, 0.3) is 0 Å². The maximum Gasteiger partial charge on any atom is 0.166 e. The van der Waals surface area contributed by atoms with Crippen molar-refractivity contribution in [3.05, 3.63) is 45.0 Å². The molecular weight excluding hydrogens is 349 g/mol. The molecular formula is C14H12Cl3N3O2. The van der Waals surface area contributed by atoms with Crippen molar-refractivity contribution in [2.24, 2.45) is 5.10 Å². The van der Waals surface area contributed by atoms with Crippen LogP contribution in [0.2, 0.25) is 15.2 Å². The van der Waals surface area contributed by atoms with Crippen LogP contribution in [-0.4, -0.2) is 22.9 Å². The Bertz CT molecular complexity index is 736. The number of phenols is 1. The van der Waals surface area contributed by atoms with Gasteiger partial charge in [0.25, 0.3) is 0 Å². The highest BCUT2D eigenvalue weighted by Gasteiger charge is 2.09. The summed E-state index contributed by atoms with van der Waals surface area (Å²) in [5.41, 5.74) is 3.77. The Labute approximate surface area is 142 Å². The smallest absolute Gasteiger partial charge is 0.166 e. The van der Waals surface area contributed by atoms with E-state index >= 15 is 0 Å². The summed E-state index contributed by atoms with van der Waals surface area (Å²) in [5.74, 6) is 0.871. The van der Waals surface area contributed by atoms with Crippen molar-refractivity contribution in [1.29, 1.82) is 0 Å². The van der Waals surface area contributed by atoms with E-state index in [1.54, 1.807) is 19.1 Å². The highest BCUT2D eigenvalue weighted by molar-refractivity contribution is 6.42. The number of nitrogens with zero attached hydrogens (tertiary/aromatic N) is 2. The van der Waals surface area contributed by atoms with Gasteiger partial charge in [0.15, 0.2) is 5.82 Å². The van der Waals surface area contributed by atoms with Gasteiger partial charge in [-0.15, -0.1) is 0 Å². The fraction of sp³-hybridized carbons (Fsp3) is 0.143. The van der Waals surface area contributed by atoms with Crippen LogP contribution in [0.4, 0.5) is 5.82 Å². The van der Waals surface area contributed by atoms with Gasteiger partial charge in [0.1, 0.15) is 16.7 Å². The second kappa shape index (κ2) is 7.05. The fourth-order valence-corrected chi connectivity index (χ4v) is 2.20. The van der Waals surface area contributed by atoms with Gasteiger partial charge < -0.3 is 9.84 Å². The Morgan fingerprint density at radius 1 is 1.23 bits per heavy atom. The normalized spacial score (nSPS) is 11.4. The number of ether oxygens (including phenoxy) is 1. The average molecular weight is 361 g/mol. The summed E-state index contributed by atoms with van der Waals surface area (Å²) in [6, 6.07) is 6.38. The first kappa shape index (κ1) is 16.7. The third-order valence-electron chi connectivity index (χ3n) is 2.81. The minimum absolute atomic E-state index is 0.0515. The van der Waals surface area contributed by atoms with Crippen molar-refractivity contribution in [1.82, 2.24) is 4.98 Å². The van der Waals surface area contributed by atoms with Crippen molar-refractivity contribution in [3.63, 3.8) is 0 Å². The molecule has 0 saturated carbocycles. The predicted octanol–water partition coefficient (Wildman–Crippen LogP) is 4.59. The molecule has 22 heavy (non-hydrogen) atoms. The lowest BCUT2D eigenvalue weighted by Crippen LogP contribution is -2.02. The lowest BCUT2D eigenvalue weighted by atomic mass is 10.1. The number of methoxy groups -OCH3 is 1. The number of hydrogen-bond acceptors (Lipinski definition) is 5. The van der Waals surface area contributed by atoms with Crippen LogP contribution in [0.3, 0.4) is 0 Å². The number of pyridine rings is 1. The second-order valence-electron chi connectivity index (χ2n) is 4.28. The first-order chi connectivity index (χ1) is 10.4. The molecule has 0 fully saturated rings. The number of hydrogen-bond donors (Lipinski definition) is 2. The summed E-state index contributed by atoms with van der Waals surface area (Å²) in [6.45, 7) is 1.72. The number of hydrazone groups is 1. The number of halogens is 3. The van der Waals surface area contributed by atoms with Crippen LogP contribution in [0, 0.1) is 0 Å². The summed E-state index contributed by atoms with van der Waals surface area (Å²) in [4.78, 5) is 3.99. The minimum atomic E-state index is 0.0515. The number of aromatic hydroxyl groups is 1. The maximum absolute atomic E-state index is 9.96. The van der Waals surface area contributed by atoms with Crippen LogP contribution < -0.4 is 10.2 Å². The second-order valence-corrected chi connectivity index (χ2v) is 5.46. The molecule has 0 amide bonds. The van der Waals surface area contributed by atoms with Crippen molar-refractivity contribution in [2.75, 3.05) is 12.5 Å². The molecule has 0 aliphatic heterocycles. The van der Waals surface area contributed by atoms with E-state index in [1.807, 2.05) is 0 Å². The molecule has 116 valence electrons. The molecule has 0 bridgehead atoms. The number of aromatic nitrogens is 1. The molecule has 0 saturated heterocycles. The van der Waals surface area contributed by atoms with Gasteiger partial charge >= 0.3 is 0 Å². The highest BCUT2D eigenvalue weighted by Crippen LogP contribution is 2.29. The zero-order chi connectivity index (χ0) is 16.3. The van der Waals surface area contributed by atoms with Crippen LogP contribution in [0.1, 0.15) is 12.5 Å². The van der Waals surface area contributed by atoms with Gasteiger partial charge in [-0.05, 0) is 25.1 Å². The highest BCUT2D eigenvalue weighted by atomic mass is 35.5. The quantitative estimate of drug-likeness (QED) is 0.475. The Morgan fingerprint density at radius 2 is 1.95 bits per heavy atom. The summed E-state index contributed by atoms with van der Waals surface area (Å²) in [7, 11) is 1.52. The number of benzene rings is 1. The Balaban J connectivity index is 2.25. The fourth-order valence-electron chi connectivity index (χ4n) is 1.66. The van der Waals surface area contributed by atoms with Crippen LogP contribution in [-0.2, 0) is 0 Å². The summed E-state index contributed by atoms with van der Waals surface area (Å²) in [5, 5.41) is 14.7. The molecule has 0 spiro atoms. The van der Waals surface area contributed by atoms with Gasteiger partial charge in [-0.3, -0.25) is 5.43 Å². The van der Waals surface area contributed by atoms with E-state index in [2.05, 4.69) is 15.5 Å². The summed E-state index contributed by atoms with van der Waals surface area (Å²) < 4.78 is 5.03. The number of rotatable bonds is 4. The Hall–Kier alpha value is -1.69. The molecule has 5 nitrogen and oxygen atoms in total. The Morgan fingerprint density at radius 3 is 2.59 bits per heavy atom. The first-order valence-electron chi connectivity index (χ1n) is 6.11. The van der Waals surface area contributed by atoms with Gasteiger partial charge in [0.05, 0.1) is 22.9 Å². The topological polar surface area (TPSA) is 66.7 Å². The van der Waals surface area contributed by atoms with Crippen LogP contribution in [0.15, 0.2) is 29.4 Å². The van der Waals surface area contributed by atoms with E-state index in [0.717, 1.165) is 0 Å². The molecule has 1 aromatic carbocycles. The van der Waals surface area contributed by atoms with Gasteiger partial charge in [0.2, 0.25) is 0 Å². The molecule has 8 heteroatoms. The van der Waals surface area contributed by atoms with E-state index < -0.39 is 0 Å². The van der Waals surface area contributed by atoms with E-state index in [4.69, 9.17) is 39.5 Å².